The number of halogens is 1. The van der Waals surface area contributed by atoms with Crippen molar-refractivity contribution in [3.63, 3.8) is 0 Å². The Morgan fingerprint density at radius 3 is 2.37 bits per heavy atom. The van der Waals surface area contributed by atoms with E-state index in [0.29, 0.717) is 11.4 Å². The van der Waals surface area contributed by atoms with E-state index in [1.165, 1.54) is 12.1 Å². The van der Waals surface area contributed by atoms with Crippen LogP contribution in [0.15, 0.2) is 24.3 Å². The van der Waals surface area contributed by atoms with Gasteiger partial charge in [0.2, 0.25) is 0 Å². The van der Waals surface area contributed by atoms with E-state index in [1.807, 2.05) is 18.4 Å². The zero-order chi connectivity index (χ0) is 25.7. The van der Waals surface area contributed by atoms with E-state index in [2.05, 4.69) is 16.7 Å². The quantitative estimate of drug-likeness (QED) is 0.549. The van der Waals surface area contributed by atoms with Gasteiger partial charge in [0.1, 0.15) is 23.7 Å². The van der Waals surface area contributed by atoms with Crippen LogP contribution in [0.5, 0.6) is 0 Å². The summed E-state index contributed by atoms with van der Waals surface area (Å²) in [5, 5.41) is 15.0. The number of carbonyl (C=O) groups is 3. The monoisotopic (exact) mass is 482 g/mol. The van der Waals surface area contributed by atoms with E-state index in [-0.39, 0.29) is 17.5 Å². The zero-order valence-electron chi connectivity index (χ0n) is 20.5. The maximum absolute atomic E-state index is 13.1. The molecule has 186 valence electrons. The normalized spacial score (nSPS) is 14.4. The van der Waals surface area contributed by atoms with Crippen molar-refractivity contribution < 1.29 is 23.5 Å². The number of nitriles is 1. The molecule has 1 aromatic carbocycles. The standard InChI is InChI=1S/C26H31FN4O4/c1-15(2)23(30-25(33)18-9-11-19(27)12-10-18)26(34)35-14-22(32)29-24-21(13-28)16(3)17(4)31(24)20-7-5-6-8-20/h9-12,15,20,23H,5-8,14H2,1-4H3,(H,29,32)(H,30,33). The summed E-state index contributed by atoms with van der Waals surface area (Å²) in [4.78, 5) is 37.9. The molecule has 1 aromatic heterocycles. The number of hydrogen-bond donors (Lipinski definition) is 2. The summed E-state index contributed by atoms with van der Waals surface area (Å²) in [5.74, 6) is -2.24. The van der Waals surface area contributed by atoms with Crippen LogP contribution in [-0.4, -0.2) is 35.0 Å². The molecule has 1 aliphatic rings. The summed E-state index contributed by atoms with van der Waals surface area (Å²) in [6.07, 6.45) is 4.13. The van der Waals surface area contributed by atoms with Crippen LogP contribution in [0.4, 0.5) is 10.2 Å². The highest BCUT2D eigenvalue weighted by atomic mass is 19.1. The van der Waals surface area contributed by atoms with Crippen molar-refractivity contribution in [2.45, 2.75) is 65.5 Å². The van der Waals surface area contributed by atoms with Gasteiger partial charge in [0.05, 0.1) is 5.56 Å². The summed E-state index contributed by atoms with van der Waals surface area (Å²) in [5.41, 5.74) is 2.35. The summed E-state index contributed by atoms with van der Waals surface area (Å²) >= 11 is 0. The molecule has 2 amide bonds. The summed E-state index contributed by atoms with van der Waals surface area (Å²) < 4.78 is 20.3. The third-order valence-electron chi connectivity index (χ3n) is 6.48. The fraction of sp³-hybridized carbons (Fsp3) is 0.462. The van der Waals surface area contributed by atoms with Gasteiger partial charge in [0.25, 0.3) is 11.8 Å². The van der Waals surface area contributed by atoms with Gasteiger partial charge in [0, 0.05) is 17.3 Å². The van der Waals surface area contributed by atoms with E-state index < -0.39 is 36.2 Å². The zero-order valence-corrected chi connectivity index (χ0v) is 20.5. The van der Waals surface area contributed by atoms with Gasteiger partial charge in [-0.05, 0) is 62.4 Å². The number of carbonyl (C=O) groups excluding carboxylic acids is 3. The molecule has 3 rings (SSSR count). The lowest BCUT2D eigenvalue weighted by atomic mass is 10.0. The smallest absolute Gasteiger partial charge is 0.329 e. The molecule has 9 heteroatoms. The molecule has 8 nitrogen and oxygen atoms in total. The number of benzene rings is 1. The number of rotatable bonds is 8. The van der Waals surface area contributed by atoms with E-state index >= 15 is 0 Å². The van der Waals surface area contributed by atoms with Crippen molar-refractivity contribution >= 4 is 23.6 Å². The van der Waals surface area contributed by atoms with Crippen molar-refractivity contribution in [2.24, 2.45) is 5.92 Å². The fourth-order valence-electron chi connectivity index (χ4n) is 4.42. The van der Waals surface area contributed by atoms with Gasteiger partial charge < -0.3 is 19.9 Å². The molecular weight excluding hydrogens is 451 g/mol. The third kappa shape index (κ3) is 5.88. The van der Waals surface area contributed by atoms with Crippen LogP contribution in [0, 0.1) is 36.9 Å². The molecule has 0 spiro atoms. The molecule has 1 aliphatic carbocycles. The number of anilines is 1. The fourth-order valence-corrected chi connectivity index (χ4v) is 4.42. The lowest BCUT2D eigenvalue weighted by molar-refractivity contribution is -0.150. The number of ether oxygens (including phenoxy) is 1. The minimum Gasteiger partial charge on any atom is -0.454 e. The maximum atomic E-state index is 13.1. The van der Waals surface area contributed by atoms with Crippen LogP contribution in [0.2, 0.25) is 0 Å². The van der Waals surface area contributed by atoms with Gasteiger partial charge in [-0.2, -0.15) is 5.26 Å². The van der Waals surface area contributed by atoms with Crippen LogP contribution < -0.4 is 10.6 Å². The van der Waals surface area contributed by atoms with Gasteiger partial charge in [0.15, 0.2) is 6.61 Å². The number of nitrogens with zero attached hydrogens (tertiary/aromatic N) is 2. The van der Waals surface area contributed by atoms with E-state index in [0.717, 1.165) is 49.1 Å². The average molecular weight is 483 g/mol. The van der Waals surface area contributed by atoms with Crippen LogP contribution in [0.25, 0.3) is 0 Å². The third-order valence-corrected chi connectivity index (χ3v) is 6.48. The van der Waals surface area contributed by atoms with Crippen LogP contribution in [-0.2, 0) is 14.3 Å². The number of amides is 2. The number of aromatic nitrogens is 1. The molecule has 1 fully saturated rings. The second-order valence-corrected chi connectivity index (χ2v) is 9.21. The highest BCUT2D eigenvalue weighted by Gasteiger charge is 2.29. The summed E-state index contributed by atoms with van der Waals surface area (Å²) in [6, 6.07) is 6.33. The number of esters is 1. The second kappa shape index (κ2) is 11.2. The first kappa shape index (κ1) is 25.9. The molecular formula is C26H31FN4O4. The maximum Gasteiger partial charge on any atom is 0.329 e. The van der Waals surface area contributed by atoms with Gasteiger partial charge in [-0.25, -0.2) is 9.18 Å². The average Bonchev–Trinajstić information content (AvgIpc) is 3.42. The lowest BCUT2D eigenvalue weighted by Crippen LogP contribution is -2.46. The first-order valence-electron chi connectivity index (χ1n) is 11.8. The van der Waals surface area contributed by atoms with Crippen LogP contribution in [0.1, 0.15) is 72.8 Å². The first-order chi connectivity index (χ1) is 16.6. The molecule has 0 saturated heterocycles. The first-order valence-corrected chi connectivity index (χ1v) is 11.8. The van der Waals surface area contributed by atoms with E-state index in [9.17, 15) is 24.0 Å². The summed E-state index contributed by atoms with van der Waals surface area (Å²) in [6.45, 7) is 6.69. The van der Waals surface area contributed by atoms with Crippen molar-refractivity contribution in [2.75, 3.05) is 11.9 Å². The number of hydrogen-bond acceptors (Lipinski definition) is 5. The Bertz CT molecular complexity index is 1140. The largest absolute Gasteiger partial charge is 0.454 e. The molecule has 0 bridgehead atoms. The van der Waals surface area contributed by atoms with Crippen LogP contribution >= 0.6 is 0 Å². The van der Waals surface area contributed by atoms with Gasteiger partial charge in [-0.15, -0.1) is 0 Å². The summed E-state index contributed by atoms with van der Waals surface area (Å²) in [7, 11) is 0. The highest BCUT2D eigenvalue weighted by molar-refractivity contribution is 5.97. The van der Waals surface area contributed by atoms with Crippen molar-refractivity contribution in [1.82, 2.24) is 9.88 Å². The lowest BCUT2D eigenvalue weighted by Gasteiger charge is -2.21. The van der Waals surface area contributed by atoms with Crippen molar-refractivity contribution in [3.8, 4) is 6.07 Å². The number of nitrogens with one attached hydrogen (secondary N) is 2. The van der Waals surface area contributed by atoms with Crippen molar-refractivity contribution in [3.05, 3.63) is 52.5 Å². The molecule has 0 aliphatic heterocycles. The molecule has 1 unspecified atom stereocenters. The predicted molar refractivity (Wildman–Crippen MR) is 128 cm³/mol. The molecule has 2 aromatic rings. The van der Waals surface area contributed by atoms with E-state index in [4.69, 9.17) is 4.74 Å². The minimum absolute atomic E-state index is 0.199. The molecule has 0 radical (unpaired) electrons. The Morgan fingerprint density at radius 1 is 1.17 bits per heavy atom. The van der Waals surface area contributed by atoms with Gasteiger partial charge >= 0.3 is 5.97 Å². The minimum atomic E-state index is -0.998. The SMILES string of the molecule is Cc1c(C#N)c(NC(=O)COC(=O)C(NC(=O)c2ccc(F)cc2)C(C)C)n(C2CCCC2)c1C. The van der Waals surface area contributed by atoms with Gasteiger partial charge in [-0.3, -0.25) is 9.59 Å². The Kier molecular flexibility index (Phi) is 8.28. The molecule has 1 heterocycles. The Labute approximate surface area is 204 Å². The molecule has 35 heavy (non-hydrogen) atoms. The van der Waals surface area contributed by atoms with Crippen LogP contribution in [0.3, 0.4) is 0 Å². The van der Waals surface area contributed by atoms with Gasteiger partial charge in [-0.1, -0.05) is 26.7 Å². The molecule has 2 N–H and O–H groups in total. The highest BCUT2D eigenvalue weighted by Crippen LogP contribution is 2.37. The second-order valence-electron chi connectivity index (χ2n) is 9.21. The predicted octanol–water partition coefficient (Wildman–Crippen LogP) is 4.17. The Morgan fingerprint density at radius 2 is 1.80 bits per heavy atom. The molecule has 1 atom stereocenters. The van der Waals surface area contributed by atoms with Crippen molar-refractivity contribution in [1.29, 1.82) is 5.26 Å². The Balaban J connectivity index is 1.67. The van der Waals surface area contributed by atoms with E-state index in [1.54, 1.807) is 13.8 Å². The topological polar surface area (TPSA) is 113 Å². The molecule has 1 saturated carbocycles. The Hall–Kier alpha value is -3.67.